The van der Waals surface area contributed by atoms with E-state index in [4.69, 9.17) is 5.73 Å². The van der Waals surface area contributed by atoms with Crippen LogP contribution in [0.25, 0.3) is 0 Å². The Morgan fingerprint density at radius 3 is 2.53 bits per heavy atom. The van der Waals surface area contributed by atoms with E-state index in [2.05, 4.69) is 0 Å². The van der Waals surface area contributed by atoms with Gasteiger partial charge in [0.25, 0.3) is 5.91 Å². The normalized spacial score (nSPS) is 29.6. The van der Waals surface area contributed by atoms with Crippen molar-refractivity contribution in [2.75, 3.05) is 0 Å². The number of amides is 1. The molecule has 102 valence electrons. The lowest BCUT2D eigenvalue weighted by Crippen LogP contribution is -2.50. The van der Waals surface area contributed by atoms with Crippen molar-refractivity contribution in [1.29, 1.82) is 0 Å². The van der Waals surface area contributed by atoms with Gasteiger partial charge in [-0.3, -0.25) is 4.79 Å². The van der Waals surface area contributed by atoms with Crippen LogP contribution < -0.4 is 5.73 Å². The molecule has 0 aromatic heterocycles. The Labute approximate surface area is 111 Å². The molecule has 0 radical (unpaired) electrons. The summed E-state index contributed by atoms with van der Waals surface area (Å²) in [5.41, 5.74) is 5.74. The van der Waals surface area contributed by atoms with Gasteiger partial charge < -0.3 is 15.7 Å². The second-order valence-electron chi connectivity index (χ2n) is 5.46. The maximum atomic E-state index is 13.8. The number of nitrogens with zero attached hydrogens (tertiary/aromatic N) is 1. The predicted molar refractivity (Wildman–Crippen MR) is 68.3 cm³/mol. The van der Waals surface area contributed by atoms with E-state index < -0.39 is 11.7 Å². The molecule has 2 aliphatic rings. The fourth-order valence-electron chi connectivity index (χ4n) is 3.40. The Balaban J connectivity index is 1.93. The minimum absolute atomic E-state index is 0.0836. The van der Waals surface area contributed by atoms with Crippen molar-refractivity contribution in [1.82, 2.24) is 4.90 Å². The van der Waals surface area contributed by atoms with Crippen LogP contribution in [0.5, 0.6) is 5.75 Å². The van der Waals surface area contributed by atoms with Crippen LogP contribution in [-0.4, -0.2) is 34.0 Å². The third kappa shape index (κ3) is 1.98. The van der Waals surface area contributed by atoms with E-state index in [1.165, 1.54) is 18.2 Å². The average molecular weight is 264 g/mol. The number of aromatic hydroxyl groups is 1. The Morgan fingerprint density at radius 1 is 1.32 bits per heavy atom. The van der Waals surface area contributed by atoms with Crippen molar-refractivity contribution in [3.05, 3.63) is 29.6 Å². The number of fused-ring (bicyclic) bond motifs is 2. The number of hydrogen-bond donors (Lipinski definition) is 2. The number of hydrogen-bond acceptors (Lipinski definition) is 3. The summed E-state index contributed by atoms with van der Waals surface area (Å²) in [6, 6.07) is 4.22. The van der Waals surface area contributed by atoms with Crippen molar-refractivity contribution in [3.8, 4) is 5.75 Å². The summed E-state index contributed by atoms with van der Waals surface area (Å²) in [5, 5.41) is 9.73. The van der Waals surface area contributed by atoms with Crippen LogP contribution in [0, 0.1) is 5.82 Å². The van der Waals surface area contributed by atoms with Gasteiger partial charge in [-0.2, -0.15) is 0 Å². The highest BCUT2D eigenvalue weighted by Crippen LogP contribution is 2.37. The number of nitrogens with two attached hydrogens (primary N) is 1. The number of halogens is 1. The number of rotatable bonds is 1. The third-order valence-corrected chi connectivity index (χ3v) is 4.21. The van der Waals surface area contributed by atoms with Gasteiger partial charge in [-0.15, -0.1) is 0 Å². The summed E-state index contributed by atoms with van der Waals surface area (Å²) in [6.45, 7) is 0. The molecule has 5 heteroatoms. The second kappa shape index (κ2) is 4.49. The quantitative estimate of drug-likeness (QED) is 0.810. The van der Waals surface area contributed by atoms with Crippen LogP contribution in [-0.2, 0) is 0 Å². The summed E-state index contributed by atoms with van der Waals surface area (Å²) >= 11 is 0. The largest absolute Gasteiger partial charge is 0.507 e. The van der Waals surface area contributed by atoms with Gasteiger partial charge in [-0.05, 0) is 37.8 Å². The Morgan fingerprint density at radius 2 is 1.95 bits per heavy atom. The molecule has 2 unspecified atom stereocenters. The molecule has 0 aliphatic carbocycles. The lowest BCUT2D eigenvalue weighted by molar-refractivity contribution is 0.0567. The monoisotopic (exact) mass is 264 g/mol. The van der Waals surface area contributed by atoms with Gasteiger partial charge >= 0.3 is 0 Å². The molecule has 2 aliphatic heterocycles. The zero-order valence-corrected chi connectivity index (χ0v) is 10.6. The van der Waals surface area contributed by atoms with Crippen LogP contribution in [0.3, 0.4) is 0 Å². The molecule has 1 amide bonds. The number of piperidine rings is 1. The summed E-state index contributed by atoms with van der Waals surface area (Å²) in [4.78, 5) is 14.2. The highest BCUT2D eigenvalue weighted by Gasteiger charge is 2.43. The summed E-state index contributed by atoms with van der Waals surface area (Å²) in [7, 11) is 0. The van der Waals surface area contributed by atoms with Crippen molar-refractivity contribution >= 4 is 5.91 Å². The van der Waals surface area contributed by atoms with E-state index in [0.29, 0.717) is 0 Å². The van der Waals surface area contributed by atoms with E-state index in [9.17, 15) is 14.3 Å². The number of phenols is 1. The smallest absolute Gasteiger partial charge is 0.261 e. The van der Waals surface area contributed by atoms with E-state index in [-0.39, 0.29) is 29.4 Å². The lowest BCUT2D eigenvalue weighted by Gasteiger charge is -2.37. The van der Waals surface area contributed by atoms with Crippen LogP contribution in [0.2, 0.25) is 0 Å². The second-order valence-corrected chi connectivity index (χ2v) is 5.46. The maximum Gasteiger partial charge on any atom is 0.261 e. The van der Waals surface area contributed by atoms with Crippen molar-refractivity contribution < 1.29 is 14.3 Å². The number of carbonyl (C=O) groups excluding carboxylic acids is 1. The van der Waals surface area contributed by atoms with Gasteiger partial charge in [0, 0.05) is 18.1 Å². The first-order chi connectivity index (χ1) is 9.08. The van der Waals surface area contributed by atoms with Gasteiger partial charge in [0.2, 0.25) is 0 Å². The molecule has 0 spiro atoms. The zero-order chi connectivity index (χ0) is 13.6. The maximum absolute atomic E-state index is 13.8. The molecule has 2 heterocycles. The van der Waals surface area contributed by atoms with Crippen molar-refractivity contribution in [2.45, 2.75) is 43.8 Å². The SMILES string of the molecule is NC1CC2CCC(C1)N2C(=O)c1c(O)cccc1F. The summed E-state index contributed by atoms with van der Waals surface area (Å²) < 4.78 is 13.8. The number of phenolic OH excluding ortho intramolecular Hbond substituents is 1. The van der Waals surface area contributed by atoms with Crippen LogP contribution >= 0.6 is 0 Å². The third-order valence-electron chi connectivity index (χ3n) is 4.21. The molecule has 0 saturated carbocycles. The molecule has 1 aromatic carbocycles. The minimum atomic E-state index is -0.667. The average Bonchev–Trinajstić information content (AvgIpc) is 2.61. The van der Waals surface area contributed by atoms with Gasteiger partial charge in [0.05, 0.1) is 0 Å². The van der Waals surface area contributed by atoms with Crippen molar-refractivity contribution in [3.63, 3.8) is 0 Å². The molecule has 3 N–H and O–H groups in total. The van der Waals surface area contributed by atoms with Gasteiger partial charge in [0.1, 0.15) is 17.1 Å². The van der Waals surface area contributed by atoms with Crippen molar-refractivity contribution in [2.24, 2.45) is 5.73 Å². The first kappa shape index (κ1) is 12.4. The van der Waals surface area contributed by atoms with Crippen LogP contribution in [0.1, 0.15) is 36.0 Å². The molecule has 1 aromatic rings. The highest BCUT2D eigenvalue weighted by molar-refractivity contribution is 5.97. The first-order valence-electron chi connectivity index (χ1n) is 6.63. The topological polar surface area (TPSA) is 66.6 Å². The van der Waals surface area contributed by atoms with E-state index in [0.717, 1.165) is 25.7 Å². The highest BCUT2D eigenvalue weighted by atomic mass is 19.1. The summed E-state index contributed by atoms with van der Waals surface area (Å²) in [5.74, 6) is -1.37. The molecule has 3 rings (SSSR count). The fourth-order valence-corrected chi connectivity index (χ4v) is 3.40. The molecule has 2 fully saturated rings. The minimum Gasteiger partial charge on any atom is -0.507 e. The van der Waals surface area contributed by atoms with Crippen LogP contribution in [0.4, 0.5) is 4.39 Å². The number of benzene rings is 1. The first-order valence-corrected chi connectivity index (χ1v) is 6.63. The Bertz CT molecular complexity index is 486. The van der Waals surface area contributed by atoms with E-state index in [1.807, 2.05) is 0 Å². The zero-order valence-electron chi connectivity index (χ0n) is 10.6. The van der Waals surface area contributed by atoms with E-state index >= 15 is 0 Å². The molecule has 2 saturated heterocycles. The number of carbonyl (C=O) groups is 1. The van der Waals surface area contributed by atoms with Gasteiger partial charge in [-0.1, -0.05) is 6.07 Å². The van der Waals surface area contributed by atoms with E-state index in [1.54, 1.807) is 4.90 Å². The Hall–Kier alpha value is -1.62. The molecule has 19 heavy (non-hydrogen) atoms. The molecular formula is C14H17FN2O2. The fraction of sp³-hybridized carbons (Fsp3) is 0.500. The van der Waals surface area contributed by atoms with Gasteiger partial charge in [0.15, 0.2) is 0 Å². The summed E-state index contributed by atoms with van der Waals surface area (Å²) in [6.07, 6.45) is 3.35. The molecule has 2 bridgehead atoms. The molecule has 2 atom stereocenters. The van der Waals surface area contributed by atoms with Gasteiger partial charge in [-0.25, -0.2) is 4.39 Å². The van der Waals surface area contributed by atoms with Crippen LogP contribution in [0.15, 0.2) is 18.2 Å². The molecular weight excluding hydrogens is 247 g/mol. The Kier molecular flexibility index (Phi) is 2.93. The predicted octanol–water partition coefficient (Wildman–Crippen LogP) is 1.63. The standard InChI is InChI=1S/C14H17FN2O2/c15-11-2-1-3-12(18)13(11)14(19)17-9-4-5-10(17)7-8(16)6-9/h1-3,8-10,18H,4-7,16H2. The lowest BCUT2D eigenvalue weighted by atomic mass is 9.97. The molecule has 4 nitrogen and oxygen atoms in total.